The predicted molar refractivity (Wildman–Crippen MR) is 181 cm³/mol. The number of alkyl halides is 3. The first-order chi connectivity index (χ1) is 25.4. The van der Waals surface area contributed by atoms with Crippen LogP contribution in [0.5, 0.6) is 5.75 Å². The van der Waals surface area contributed by atoms with Gasteiger partial charge in [0.1, 0.15) is 5.52 Å². The number of methoxy groups -OCH3 is 1. The minimum atomic E-state index is -4.61. The number of halogens is 4. The highest BCUT2D eigenvalue weighted by Gasteiger charge is 2.34. The maximum Gasteiger partial charge on any atom is 0.421 e. The molecule has 17 heteroatoms. The summed E-state index contributed by atoms with van der Waals surface area (Å²) in [6.45, 7) is 3.59. The summed E-state index contributed by atoms with van der Waals surface area (Å²) in [5.74, 6) is -3.49. The number of fused-ring (bicyclic) bond motifs is 2. The number of carboxylic acid groups (broad SMARTS) is 1. The van der Waals surface area contributed by atoms with Crippen molar-refractivity contribution in [3.8, 4) is 22.7 Å². The SMILES string of the molecule is CCc1cccc(CC)c1-n1nc2c(c1-c1cc(F)c(OC)c3c1ccn3C(=O)OCOC(=O)C=CC(=O)O)CN(c1ncc(C(F)(F)F)cn1)CC2. The van der Waals surface area contributed by atoms with E-state index < -0.39 is 42.4 Å². The molecule has 1 aliphatic heterocycles. The van der Waals surface area contributed by atoms with Crippen LogP contribution in [-0.4, -0.2) is 67.9 Å². The zero-order valence-electron chi connectivity index (χ0n) is 28.6. The van der Waals surface area contributed by atoms with E-state index in [0.717, 1.165) is 33.8 Å². The Labute approximate surface area is 299 Å². The second-order valence-electron chi connectivity index (χ2n) is 11.8. The van der Waals surface area contributed by atoms with Gasteiger partial charge in [-0.3, -0.25) is 0 Å². The van der Waals surface area contributed by atoms with Crippen LogP contribution in [0.15, 0.2) is 61.1 Å². The van der Waals surface area contributed by atoms with Gasteiger partial charge in [-0.1, -0.05) is 32.0 Å². The highest BCUT2D eigenvalue weighted by Crippen LogP contribution is 2.43. The first-order valence-electron chi connectivity index (χ1n) is 16.3. The van der Waals surface area contributed by atoms with E-state index in [1.807, 2.05) is 32.0 Å². The molecule has 0 unspecified atom stereocenters. The van der Waals surface area contributed by atoms with Crippen molar-refractivity contribution in [1.29, 1.82) is 0 Å². The van der Waals surface area contributed by atoms with Crippen molar-refractivity contribution in [3.05, 3.63) is 94.8 Å². The zero-order valence-corrected chi connectivity index (χ0v) is 28.6. The van der Waals surface area contributed by atoms with Crippen molar-refractivity contribution >= 4 is 34.9 Å². The Morgan fingerprint density at radius 1 is 1.02 bits per heavy atom. The highest BCUT2D eigenvalue weighted by atomic mass is 19.4. The lowest BCUT2D eigenvalue weighted by Gasteiger charge is -2.27. The number of carbonyl (C=O) groups is 3. The van der Waals surface area contributed by atoms with Gasteiger partial charge in [-0.2, -0.15) is 18.3 Å². The van der Waals surface area contributed by atoms with E-state index in [0.29, 0.717) is 65.9 Å². The van der Waals surface area contributed by atoms with Crippen LogP contribution in [0.2, 0.25) is 0 Å². The third kappa shape index (κ3) is 7.14. The number of para-hydroxylation sites is 1. The molecule has 0 atom stereocenters. The number of carboxylic acids is 1. The molecule has 53 heavy (non-hydrogen) atoms. The number of carbonyl (C=O) groups excluding carboxylic acids is 2. The van der Waals surface area contributed by atoms with Crippen molar-refractivity contribution in [2.24, 2.45) is 0 Å². The van der Waals surface area contributed by atoms with Crippen LogP contribution in [0.25, 0.3) is 27.8 Å². The molecule has 3 aromatic heterocycles. The third-order valence-electron chi connectivity index (χ3n) is 8.74. The van der Waals surface area contributed by atoms with Crippen LogP contribution in [0.4, 0.5) is 28.3 Å². The molecule has 5 aromatic rings. The molecular weight excluding hydrogens is 704 g/mol. The molecular formula is C36H32F4N6O7. The van der Waals surface area contributed by atoms with Crippen LogP contribution in [0.3, 0.4) is 0 Å². The van der Waals surface area contributed by atoms with Gasteiger partial charge >= 0.3 is 24.2 Å². The molecule has 0 bridgehead atoms. The van der Waals surface area contributed by atoms with E-state index in [4.69, 9.17) is 24.4 Å². The minimum absolute atomic E-state index is 0.00988. The number of nitrogens with zero attached hydrogens (tertiary/aromatic N) is 6. The Balaban J connectivity index is 1.50. The summed E-state index contributed by atoms with van der Waals surface area (Å²) in [6.07, 6.45) is -0.0357. The zero-order chi connectivity index (χ0) is 38.0. The fourth-order valence-corrected chi connectivity index (χ4v) is 6.30. The molecule has 0 aliphatic carbocycles. The van der Waals surface area contributed by atoms with Gasteiger partial charge in [0, 0.05) is 66.8 Å². The van der Waals surface area contributed by atoms with Crippen LogP contribution < -0.4 is 9.64 Å². The molecule has 0 saturated carbocycles. The first kappa shape index (κ1) is 36.5. The Bertz CT molecular complexity index is 2220. The number of hydrogen-bond donors (Lipinski definition) is 1. The summed E-state index contributed by atoms with van der Waals surface area (Å²) in [7, 11) is 1.23. The molecule has 1 aliphatic rings. The molecule has 4 heterocycles. The Morgan fingerprint density at radius 2 is 1.72 bits per heavy atom. The van der Waals surface area contributed by atoms with Crippen molar-refractivity contribution in [2.75, 3.05) is 25.3 Å². The lowest BCUT2D eigenvalue weighted by molar-refractivity contribution is -0.146. The quantitative estimate of drug-likeness (QED) is 0.0749. The van der Waals surface area contributed by atoms with E-state index in [9.17, 15) is 27.6 Å². The monoisotopic (exact) mass is 736 g/mol. The Hall–Kier alpha value is -6.26. The number of anilines is 1. The van der Waals surface area contributed by atoms with Crippen LogP contribution in [-0.2, 0) is 51.0 Å². The molecule has 13 nitrogen and oxygen atoms in total. The summed E-state index contributed by atoms with van der Waals surface area (Å²) in [6, 6.07) is 8.73. The average molecular weight is 737 g/mol. The van der Waals surface area contributed by atoms with Crippen LogP contribution >= 0.6 is 0 Å². The van der Waals surface area contributed by atoms with Gasteiger partial charge in [-0.25, -0.2) is 38.0 Å². The summed E-state index contributed by atoms with van der Waals surface area (Å²) in [4.78, 5) is 45.4. The van der Waals surface area contributed by atoms with Gasteiger partial charge in [-0.05, 0) is 36.1 Å². The third-order valence-corrected chi connectivity index (χ3v) is 8.74. The lowest BCUT2D eigenvalue weighted by atomic mass is 9.97. The molecule has 276 valence electrons. The molecule has 2 aromatic carbocycles. The largest absolute Gasteiger partial charge is 0.492 e. The number of benzene rings is 2. The molecule has 0 spiro atoms. The maximum atomic E-state index is 16.2. The van der Waals surface area contributed by atoms with Crippen molar-refractivity contribution < 1.29 is 51.3 Å². The highest BCUT2D eigenvalue weighted by molar-refractivity contribution is 6.03. The predicted octanol–water partition coefficient (Wildman–Crippen LogP) is 6.26. The number of ether oxygens (including phenoxy) is 3. The fourth-order valence-electron chi connectivity index (χ4n) is 6.30. The van der Waals surface area contributed by atoms with Gasteiger partial charge < -0.3 is 24.2 Å². The fraction of sp³-hybridized carbons (Fsp3) is 0.278. The number of rotatable bonds is 10. The molecule has 0 amide bonds. The number of hydrogen-bond acceptors (Lipinski definition) is 10. The van der Waals surface area contributed by atoms with Gasteiger partial charge in [0.25, 0.3) is 0 Å². The van der Waals surface area contributed by atoms with Crippen molar-refractivity contribution in [1.82, 2.24) is 24.3 Å². The topological polar surface area (TPSA) is 151 Å². The van der Waals surface area contributed by atoms with E-state index in [1.54, 1.807) is 15.6 Å². The second-order valence-corrected chi connectivity index (χ2v) is 11.8. The molecule has 0 saturated heterocycles. The van der Waals surface area contributed by atoms with Crippen LogP contribution in [0, 0.1) is 5.82 Å². The Morgan fingerprint density at radius 3 is 2.34 bits per heavy atom. The Kier molecular flexibility index (Phi) is 10.2. The molecule has 6 rings (SSSR count). The lowest BCUT2D eigenvalue weighted by Crippen LogP contribution is -2.31. The van der Waals surface area contributed by atoms with Crippen molar-refractivity contribution in [3.63, 3.8) is 0 Å². The number of aryl methyl sites for hydroxylation is 2. The van der Waals surface area contributed by atoms with E-state index in [2.05, 4.69) is 9.97 Å². The van der Waals surface area contributed by atoms with Gasteiger partial charge in [0.2, 0.25) is 12.7 Å². The smallest absolute Gasteiger partial charge is 0.421 e. The summed E-state index contributed by atoms with van der Waals surface area (Å²) in [5, 5.41) is 14.1. The second kappa shape index (κ2) is 14.8. The summed E-state index contributed by atoms with van der Waals surface area (Å²) in [5.41, 5.74) is 3.86. The van der Waals surface area contributed by atoms with E-state index >= 15 is 4.39 Å². The maximum absolute atomic E-state index is 16.2. The summed E-state index contributed by atoms with van der Waals surface area (Å²) < 4.78 is 74.0. The normalized spacial score (nSPS) is 13.0. The number of aromatic nitrogens is 5. The number of aliphatic carboxylic acids is 1. The molecule has 0 fully saturated rings. The average Bonchev–Trinajstić information content (AvgIpc) is 3.75. The van der Waals surface area contributed by atoms with E-state index in [-0.39, 0.29) is 23.8 Å². The van der Waals surface area contributed by atoms with Gasteiger partial charge in [-0.15, -0.1) is 0 Å². The van der Waals surface area contributed by atoms with Gasteiger partial charge in [0.05, 0.1) is 29.7 Å². The molecule has 0 radical (unpaired) electrons. The van der Waals surface area contributed by atoms with Gasteiger partial charge in [0.15, 0.2) is 11.6 Å². The summed E-state index contributed by atoms with van der Waals surface area (Å²) >= 11 is 0. The first-order valence-corrected chi connectivity index (χ1v) is 16.3. The molecule has 1 N–H and O–H groups in total. The standard InChI is InChI=1S/C36H32F4N6O7/c1-4-20-7-6-8-21(5-2)30(20)46-31(25-18-44(13-12-27(25)43-46)34-41-16-22(17-42-34)36(38,39)40)24-15-26(37)33(51-3)32-23(24)11-14-45(32)35(50)53-19-52-29(49)10-9-28(47)48/h6-11,14-17H,4-5,12-13,18-19H2,1-3H3,(H,47,48). The van der Waals surface area contributed by atoms with E-state index in [1.165, 1.54) is 19.4 Å². The van der Waals surface area contributed by atoms with Crippen molar-refractivity contribution in [2.45, 2.75) is 45.8 Å². The number of esters is 1. The minimum Gasteiger partial charge on any atom is -0.492 e. The van der Waals surface area contributed by atoms with Crippen LogP contribution in [0.1, 0.15) is 41.8 Å².